The minimum atomic E-state index is 0.170. The molecule has 0 saturated heterocycles. The average Bonchev–Trinajstić information content (AvgIpc) is 2.25. The van der Waals surface area contributed by atoms with Crippen molar-refractivity contribution in [1.29, 1.82) is 5.26 Å². The van der Waals surface area contributed by atoms with Crippen molar-refractivity contribution in [3.63, 3.8) is 0 Å². The number of hydrogen-bond donors (Lipinski definition) is 0. The number of nitrogens with zero attached hydrogens (tertiary/aromatic N) is 2. The Morgan fingerprint density at radius 1 is 1.35 bits per heavy atom. The highest BCUT2D eigenvalue weighted by Crippen LogP contribution is 2.31. The van der Waals surface area contributed by atoms with Crippen LogP contribution in [0.25, 0.3) is 0 Å². The molecule has 1 aromatic carbocycles. The van der Waals surface area contributed by atoms with Gasteiger partial charge in [0.2, 0.25) is 0 Å². The molecule has 0 aromatic heterocycles. The van der Waals surface area contributed by atoms with Crippen LogP contribution in [0.5, 0.6) is 0 Å². The molecular weight excluding hydrogens is 276 g/mol. The van der Waals surface area contributed by atoms with Crippen LogP contribution in [0.1, 0.15) is 33.3 Å². The Labute approximate surface area is 112 Å². The Bertz CT molecular complexity index is 441. The zero-order chi connectivity index (χ0) is 13.2. The van der Waals surface area contributed by atoms with E-state index in [-0.39, 0.29) is 5.41 Å². The number of hydrogen-bond acceptors (Lipinski definition) is 2. The third-order valence-corrected chi connectivity index (χ3v) is 3.79. The smallest absolute Gasteiger partial charge is 0.101 e. The molecule has 0 aliphatic rings. The van der Waals surface area contributed by atoms with E-state index in [0.29, 0.717) is 11.6 Å². The number of nitriles is 1. The summed E-state index contributed by atoms with van der Waals surface area (Å²) in [5.74, 6) is 0. The molecule has 0 fully saturated rings. The first kappa shape index (κ1) is 14.1. The highest BCUT2D eigenvalue weighted by atomic mass is 79.9. The van der Waals surface area contributed by atoms with E-state index in [1.807, 2.05) is 25.2 Å². The zero-order valence-electron chi connectivity index (χ0n) is 11.1. The molecule has 0 N–H and O–H groups in total. The summed E-state index contributed by atoms with van der Waals surface area (Å²) in [5.41, 5.74) is 1.86. The molecule has 0 aliphatic carbocycles. The third-order valence-electron chi connectivity index (χ3n) is 3.29. The van der Waals surface area contributed by atoms with Gasteiger partial charge < -0.3 is 4.90 Å². The van der Waals surface area contributed by atoms with Crippen molar-refractivity contribution in [3.8, 4) is 6.07 Å². The molecule has 3 heteroatoms. The maximum atomic E-state index is 9.15. The van der Waals surface area contributed by atoms with Crippen molar-refractivity contribution in [2.75, 3.05) is 11.9 Å². The molecule has 1 unspecified atom stereocenters. The molecule has 2 nitrogen and oxygen atoms in total. The summed E-state index contributed by atoms with van der Waals surface area (Å²) in [4.78, 5) is 2.17. The molecule has 1 rings (SSSR count). The van der Waals surface area contributed by atoms with E-state index < -0.39 is 0 Å². The van der Waals surface area contributed by atoms with Gasteiger partial charge in [-0.25, -0.2) is 0 Å². The van der Waals surface area contributed by atoms with E-state index in [0.717, 1.165) is 10.2 Å². The number of halogens is 1. The maximum Gasteiger partial charge on any atom is 0.101 e. The van der Waals surface area contributed by atoms with E-state index in [9.17, 15) is 0 Å². The van der Waals surface area contributed by atoms with Gasteiger partial charge in [-0.1, -0.05) is 36.7 Å². The SMILES string of the molecule is CC(N(C)c1cc(Br)ccc1C#N)C(C)(C)C. The second-order valence-corrected chi connectivity index (χ2v) is 6.34. The van der Waals surface area contributed by atoms with Gasteiger partial charge in [0.15, 0.2) is 0 Å². The monoisotopic (exact) mass is 294 g/mol. The standard InChI is InChI=1S/C14H19BrN2/c1-10(14(2,3)4)17(5)13-8-12(15)7-6-11(13)9-16/h6-8,10H,1-5H3. The van der Waals surface area contributed by atoms with Crippen LogP contribution in [-0.4, -0.2) is 13.1 Å². The fourth-order valence-corrected chi connectivity index (χ4v) is 2.03. The summed E-state index contributed by atoms with van der Waals surface area (Å²) >= 11 is 3.46. The number of benzene rings is 1. The summed E-state index contributed by atoms with van der Waals surface area (Å²) in [7, 11) is 2.04. The summed E-state index contributed by atoms with van der Waals surface area (Å²) < 4.78 is 0.999. The summed E-state index contributed by atoms with van der Waals surface area (Å²) in [5, 5.41) is 9.15. The average molecular weight is 295 g/mol. The zero-order valence-corrected chi connectivity index (χ0v) is 12.7. The van der Waals surface area contributed by atoms with Crippen molar-refractivity contribution < 1.29 is 0 Å². The quantitative estimate of drug-likeness (QED) is 0.818. The largest absolute Gasteiger partial charge is 0.370 e. The van der Waals surface area contributed by atoms with Gasteiger partial charge >= 0.3 is 0 Å². The van der Waals surface area contributed by atoms with Gasteiger partial charge in [0.05, 0.1) is 11.3 Å². The first-order valence-electron chi connectivity index (χ1n) is 5.70. The van der Waals surface area contributed by atoms with Crippen molar-refractivity contribution in [2.45, 2.75) is 33.7 Å². The van der Waals surface area contributed by atoms with Crippen molar-refractivity contribution in [1.82, 2.24) is 0 Å². The Morgan fingerprint density at radius 2 is 1.94 bits per heavy atom. The third kappa shape index (κ3) is 3.23. The van der Waals surface area contributed by atoms with Gasteiger partial charge in [-0.15, -0.1) is 0 Å². The van der Waals surface area contributed by atoms with Gasteiger partial charge in [0.1, 0.15) is 6.07 Å². The minimum absolute atomic E-state index is 0.170. The van der Waals surface area contributed by atoms with Crippen LogP contribution in [-0.2, 0) is 0 Å². The van der Waals surface area contributed by atoms with Crippen LogP contribution < -0.4 is 4.90 Å². The summed E-state index contributed by atoms with van der Waals surface area (Å²) in [6.45, 7) is 8.80. The van der Waals surface area contributed by atoms with Crippen molar-refractivity contribution in [3.05, 3.63) is 28.2 Å². The highest BCUT2D eigenvalue weighted by molar-refractivity contribution is 9.10. The van der Waals surface area contributed by atoms with Gasteiger partial charge in [-0.3, -0.25) is 0 Å². The Balaban J connectivity index is 3.16. The molecule has 1 atom stereocenters. The molecule has 0 spiro atoms. The number of anilines is 1. The van der Waals surface area contributed by atoms with E-state index >= 15 is 0 Å². The van der Waals surface area contributed by atoms with Crippen LogP contribution in [0, 0.1) is 16.7 Å². The van der Waals surface area contributed by atoms with Crippen LogP contribution in [0.4, 0.5) is 5.69 Å². The Hall–Kier alpha value is -1.01. The lowest BCUT2D eigenvalue weighted by Gasteiger charge is -2.37. The molecule has 0 heterocycles. The molecule has 0 saturated carbocycles. The highest BCUT2D eigenvalue weighted by Gasteiger charge is 2.25. The van der Waals surface area contributed by atoms with Crippen LogP contribution in [0.2, 0.25) is 0 Å². The normalized spacial score (nSPS) is 13.0. The van der Waals surface area contributed by atoms with Crippen molar-refractivity contribution in [2.24, 2.45) is 5.41 Å². The molecule has 92 valence electrons. The topological polar surface area (TPSA) is 27.0 Å². The molecule has 1 aromatic rings. The van der Waals surface area contributed by atoms with Crippen LogP contribution in [0.3, 0.4) is 0 Å². The molecule has 0 amide bonds. The maximum absolute atomic E-state index is 9.15. The Morgan fingerprint density at radius 3 is 2.41 bits per heavy atom. The Kier molecular flexibility index (Phi) is 4.21. The van der Waals surface area contributed by atoms with Gasteiger partial charge in [0, 0.05) is 17.6 Å². The van der Waals surface area contributed by atoms with Gasteiger partial charge in [-0.05, 0) is 30.5 Å². The van der Waals surface area contributed by atoms with E-state index in [4.69, 9.17) is 5.26 Å². The predicted molar refractivity (Wildman–Crippen MR) is 76.2 cm³/mol. The van der Waals surface area contributed by atoms with E-state index in [1.165, 1.54) is 0 Å². The first-order chi connectivity index (χ1) is 7.77. The van der Waals surface area contributed by atoms with E-state index in [1.54, 1.807) is 0 Å². The summed E-state index contributed by atoms with van der Waals surface area (Å²) in [6, 6.07) is 8.35. The summed E-state index contributed by atoms with van der Waals surface area (Å²) in [6.07, 6.45) is 0. The lowest BCUT2D eigenvalue weighted by atomic mass is 9.86. The molecular formula is C14H19BrN2. The lowest BCUT2D eigenvalue weighted by Crippen LogP contribution is -2.39. The second-order valence-electron chi connectivity index (χ2n) is 5.43. The molecule has 0 aliphatic heterocycles. The molecule has 0 radical (unpaired) electrons. The lowest BCUT2D eigenvalue weighted by molar-refractivity contribution is 0.329. The van der Waals surface area contributed by atoms with Crippen LogP contribution >= 0.6 is 15.9 Å². The second kappa shape index (κ2) is 5.10. The molecule has 0 bridgehead atoms. The van der Waals surface area contributed by atoms with E-state index in [2.05, 4.69) is 54.6 Å². The van der Waals surface area contributed by atoms with Crippen LogP contribution in [0.15, 0.2) is 22.7 Å². The number of rotatable bonds is 2. The molecule has 17 heavy (non-hydrogen) atoms. The fraction of sp³-hybridized carbons (Fsp3) is 0.500. The fourth-order valence-electron chi connectivity index (χ4n) is 1.68. The van der Waals surface area contributed by atoms with Gasteiger partial charge in [0.25, 0.3) is 0 Å². The van der Waals surface area contributed by atoms with Crippen molar-refractivity contribution >= 4 is 21.6 Å². The minimum Gasteiger partial charge on any atom is -0.370 e. The predicted octanol–water partition coefficient (Wildman–Crippen LogP) is 4.19. The van der Waals surface area contributed by atoms with Gasteiger partial charge in [-0.2, -0.15) is 5.26 Å². The first-order valence-corrected chi connectivity index (χ1v) is 6.49.